The highest BCUT2D eigenvalue weighted by Crippen LogP contribution is 2.19. The molecule has 2 aromatic rings. The molecule has 38 heavy (non-hydrogen) atoms. The fourth-order valence-electron chi connectivity index (χ4n) is 4.03. The van der Waals surface area contributed by atoms with Crippen LogP contribution in [0.4, 0.5) is 0 Å². The quantitative estimate of drug-likeness (QED) is 0.185. The lowest BCUT2D eigenvalue weighted by molar-refractivity contribution is -0.143. The minimum Gasteiger partial charge on any atom is -0.481 e. The van der Waals surface area contributed by atoms with E-state index in [4.69, 9.17) is 10.8 Å². The molecule has 1 heterocycles. The topological polar surface area (TPSA) is 204 Å². The number of carboxylic acid groups (broad SMARTS) is 2. The van der Waals surface area contributed by atoms with Crippen molar-refractivity contribution >= 4 is 40.6 Å². The van der Waals surface area contributed by atoms with Crippen LogP contribution in [-0.4, -0.2) is 69.0 Å². The van der Waals surface area contributed by atoms with Crippen molar-refractivity contribution in [2.75, 3.05) is 0 Å². The number of aromatic amines is 1. The molecule has 1 aromatic carbocycles. The fraction of sp³-hybridized carbons (Fsp3) is 0.500. The summed E-state index contributed by atoms with van der Waals surface area (Å²) in [5.74, 6) is -5.05. The molecule has 1 aromatic heterocycles. The highest BCUT2D eigenvalue weighted by molar-refractivity contribution is 5.95. The first-order valence-corrected chi connectivity index (χ1v) is 12.5. The zero-order valence-electron chi connectivity index (χ0n) is 22.0. The minimum atomic E-state index is -1.39. The molecule has 0 aliphatic carbocycles. The Morgan fingerprint density at radius 3 is 2.11 bits per heavy atom. The van der Waals surface area contributed by atoms with E-state index in [1.54, 1.807) is 20.0 Å². The summed E-state index contributed by atoms with van der Waals surface area (Å²) in [5, 5.41) is 26.9. The maximum Gasteiger partial charge on any atom is 0.326 e. The Labute approximate surface area is 220 Å². The van der Waals surface area contributed by atoms with E-state index in [1.165, 1.54) is 0 Å². The molecule has 2 rings (SSSR count). The summed E-state index contributed by atoms with van der Waals surface area (Å²) in [7, 11) is 0. The number of amides is 3. The van der Waals surface area contributed by atoms with Crippen molar-refractivity contribution in [1.29, 1.82) is 0 Å². The van der Waals surface area contributed by atoms with Gasteiger partial charge in [-0.15, -0.1) is 0 Å². The molecule has 8 N–H and O–H groups in total. The second-order valence-electron chi connectivity index (χ2n) is 10.1. The van der Waals surface area contributed by atoms with Crippen LogP contribution in [0.25, 0.3) is 10.9 Å². The number of rotatable bonds is 14. The second kappa shape index (κ2) is 13.6. The van der Waals surface area contributed by atoms with Gasteiger partial charge in [-0.05, 0) is 29.9 Å². The van der Waals surface area contributed by atoms with Crippen molar-refractivity contribution in [3.8, 4) is 0 Å². The molecule has 0 aliphatic rings. The lowest BCUT2D eigenvalue weighted by Crippen LogP contribution is -2.59. The number of carboxylic acids is 2. The molecule has 0 aliphatic heterocycles. The predicted molar refractivity (Wildman–Crippen MR) is 140 cm³/mol. The average molecular weight is 532 g/mol. The number of hydrogen-bond acceptors (Lipinski definition) is 6. The molecule has 0 bridgehead atoms. The molecule has 12 heteroatoms. The van der Waals surface area contributed by atoms with Crippen LogP contribution in [0, 0.1) is 11.8 Å². The molecule has 0 fully saturated rings. The Balaban J connectivity index is 2.29. The third-order valence-corrected chi connectivity index (χ3v) is 6.03. The predicted octanol–water partition coefficient (Wildman–Crippen LogP) is 0.754. The van der Waals surface area contributed by atoms with Crippen LogP contribution < -0.4 is 21.7 Å². The summed E-state index contributed by atoms with van der Waals surface area (Å²) in [4.78, 5) is 64.8. The second-order valence-corrected chi connectivity index (χ2v) is 10.1. The zero-order chi connectivity index (χ0) is 28.6. The Hall–Kier alpha value is -3.93. The number of fused-ring (bicyclic) bond motifs is 1. The number of carbonyl (C=O) groups is 5. The third kappa shape index (κ3) is 8.58. The summed E-state index contributed by atoms with van der Waals surface area (Å²) in [5.41, 5.74) is 7.23. The summed E-state index contributed by atoms with van der Waals surface area (Å²) >= 11 is 0. The number of nitrogens with one attached hydrogen (secondary N) is 4. The minimum absolute atomic E-state index is 0.00858. The molecule has 208 valence electrons. The van der Waals surface area contributed by atoms with Gasteiger partial charge in [0.15, 0.2) is 0 Å². The van der Waals surface area contributed by atoms with E-state index in [9.17, 15) is 29.1 Å². The van der Waals surface area contributed by atoms with Gasteiger partial charge >= 0.3 is 11.9 Å². The highest BCUT2D eigenvalue weighted by atomic mass is 16.4. The van der Waals surface area contributed by atoms with Crippen molar-refractivity contribution in [2.45, 2.75) is 71.1 Å². The fourth-order valence-corrected chi connectivity index (χ4v) is 4.03. The Bertz CT molecular complexity index is 1160. The largest absolute Gasteiger partial charge is 0.481 e. The molecule has 0 radical (unpaired) electrons. The first-order chi connectivity index (χ1) is 17.8. The number of benzene rings is 1. The molecule has 0 saturated heterocycles. The Morgan fingerprint density at radius 1 is 0.895 bits per heavy atom. The van der Waals surface area contributed by atoms with E-state index in [0.717, 1.165) is 10.9 Å². The number of H-pyrrole nitrogens is 1. The van der Waals surface area contributed by atoms with E-state index in [-0.39, 0.29) is 18.8 Å². The van der Waals surface area contributed by atoms with Gasteiger partial charge < -0.3 is 36.9 Å². The molecular formula is C26H37N5O7. The van der Waals surface area contributed by atoms with Gasteiger partial charge in [-0.25, -0.2) is 4.79 Å². The summed E-state index contributed by atoms with van der Waals surface area (Å²) in [6, 6.07) is 2.57. The SMILES string of the molecule is CC(C)CC(NC(=O)C(NC(=O)C(Cc1c[nH]c2ccccc12)NC(=O)C(N)CC(=O)O)C(C)C)C(=O)O. The molecule has 0 saturated carbocycles. The maximum atomic E-state index is 13.4. The van der Waals surface area contributed by atoms with Crippen molar-refractivity contribution < 1.29 is 34.2 Å². The number of carbonyl (C=O) groups excluding carboxylic acids is 3. The van der Waals surface area contributed by atoms with Crippen LogP contribution in [-0.2, 0) is 30.4 Å². The third-order valence-electron chi connectivity index (χ3n) is 6.03. The Morgan fingerprint density at radius 2 is 1.53 bits per heavy atom. The number of aliphatic carboxylic acids is 2. The van der Waals surface area contributed by atoms with Crippen molar-refractivity contribution in [1.82, 2.24) is 20.9 Å². The molecular weight excluding hydrogens is 494 g/mol. The molecule has 12 nitrogen and oxygen atoms in total. The number of aromatic nitrogens is 1. The van der Waals surface area contributed by atoms with Crippen LogP contribution in [0.5, 0.6) is 0 Å². The van der Waals surface area contributed by atoms with E-state index in [1.807, 2.05) is 38.1 Å². The molecule has 4 unspecified atom stereocenters. The lowest BCUT2D eigenvalue weighted by Gasteiger charge is -2.27. The average Bonchev–Trinajstić information content (AvgIpc) is 3.23. The van der Waals surface area contributed by atoms with Crippen LogP contribution in [0.1, 0.15) is 46.1 Å². The summed E-state index contributed by atoms with van der Waals surface area (Å²) in [6.07, 6.45) is 1.31. The van der Waals surface area contributed by atoms with Gasteiger partial charge in [-0.3, -0.25) is 19.2 Å². The van der Waals surface area contributed by atoms with Gasteiger partial charge in [-0.2, -0.15) is 0 Å². The van der Waals surface area contributed by atoms with Crippen LogP contribution >= 0.6 is 0 Å². The van der Waals surface area contributed by atoms with E-state index in [0.29, 0.717) is 5.56 Å². The Kier molecular flexibility index (Phi) is 10.8. The van der Waals surface area contributed by atoms with Crippen LogP contribution in [0.2, 0.25) is 0 Å². The van der Waals surface area contributed by atoms with Gasteiger partial charge in [-0.1, -0.05) is 45.9 Å². The number of nitrogens with two attached hydrogens (primary N) is 1. The van der Waals surface area contributed by atoms with E-state index in [2.05, 4.69) is 20.9 Å². The summed E-state index contributed by atoms with van der Waals surface area (Å²) in [6.45, 7) is 7.05. The lowest BCUT2D eigenvalue weighted by atomic mass is 9.99. The highest BCUT2D eigenvalue weighted by Gasteiger charge is 2.32. The standard InChI is InChI=1S/C26H37N5O7/c1-13(2)9-20(26(37)38)30-25(36)22(14(3)4)31-24(35)19(29-23(34)17(27)11-21(32)33)10-15-12-28-18-8-6-5-7-16(15)18/h5-8,12-14,17,19-20,22,28H,9-11,27H2,1-4H3,(H,29,34)(H,30,36)(H,31,35)(H,32,33)(H,37,38). The first kappa shape index (κ1) is 30.3. The molecule has 0 spiro atoms. The summed E-state index contributed by atoms with van der Waals surface area (Å²) < 4.78 is 0. The van der Waals surface area contributed by atoms with Crippen LogP contribution in [0.15, 0.2) is 30.5 Å². The normalized spacial score (nSPS) is 14.5. The van der Waals surface area contributed by atoms with Crippen molar-refractivity contribution in [3.05, 3.63) is 36.0 Å². The van der Waals surface area contributed by atoms with Crippen molar-refractivity contribution in [2.24, 2.45) is 17.6 Å². The van der Waals surface area contributed by atoms with Gasteiger partial charge in [0, 0.05) is 23.5 Å². The zero-order valence-corrected chi connectivity index (χ0v) is 22.0. The van der Waals surface area contributed by atoms with Gasteiger partial charge in [0.1, 0.15) is 18.1 Å². The van der Waals surface area contributed by atoms with Gasteiger partial charge in [0.2, 0.25) is 17.7 Å². The smallest absolute Gasteiger partial charge is 0.326 e. The monoisotopic (exact) mass is 531 g/mol. The first-order valence-electron chi connectivity index (χ1n) is 12.5. The van der Waals surface area contributed by atoms with Crippen molar-refractivity contribution in [3.63, 3.8) is 0 Å². The maximum absolute atomic E-state index is 13.4. The van der Waals surface area contributed by atoms with E-state index >= 15 is 0 Å². The van der Waals surface area contributed by atoms with E-state index < -0.39 is 66.2 Å². The molecule has 3 amide bonds. The number of hydrogen-bond donors (Lipinski definition) is 7. The number of para-hydroxylation sites is 1. The molecule has 4 atom stereocenters. The van der Waals surface area contributed by atoms with Gasteiger partial charge in [0.25, 0.3) is 0 Å². The van der Waals surface area contributed by atoms with Gasteiger partial charge in [0.05, 0.1) is 12.5 Å². The van der Waals surface area contributed by atoms with Crippen LogP contribution in [0.3, 0.4) is 0 Å².